The first-order valence-electron chi connectivity index (χ1n) is 13.2. The Kier molecular flexibility index (Phi) is 6.38. The molecule has 0 aromatic heterocycles. The van der Waals surface area contributed by atoms with E-state index < -0.39 is 11.7 Å². The van der Waals surface area contributed by atoms with Crippen LogP contribution in [0.4, 0.5) is 13.2 Å². The van der Waals surface area contributed by atoms with Gasteiger partial charge in [0.25, 0.3) is 0 Å². The van der Waals surface area contributed by atoms with Crippen molar-refractivity contribution in [3.63, 3.8) is 0 Å². The van der Waals surface area contributed by atoms with E-state index in [4.69, 9.17) is 0 Å². The van der Waals surface area contributed by atoms with E-state index in [-0.39, 0.29) is 24.5 Å². The summed E-state index contributed by atoms with van der Waals surface area (Å²) >= 11 is 0. The molecule has 4 fully saturated rings. The molecule has 3 aliphatic heterocycles. The predicted octanol–water partition coefficient (Wildman–Crippen LogP) is 6.73. The van der Waals surface area contributed by atoms with Gasteiger partial charge < -0.3 is 5.32 Å². The zero-order valence-corrected chi connectivity index (χ0v) is 20.4. The van der Waals surface area contributed by atoms with Gasteiger partial charge in [-0.15, -0.1) is 0 Å². The lowest BCUT2D eigenvalue weighted by atomic mass is 9.58. The second kappa shape index (κ2) is 9.68. The van der Waals surface area contributed by atoms with Crippen molar-refractivity contribution in [3.05, 3.63) is 107 Å². The molecular formula is C31H33F3N2. The third-order valence-electron chi connectivity index (χ3n) is 8.89. The van der Waals surface area contributed by atoms with Gasteiger partial charge in [-0.1, -0.05) is 85.3 Å². The summed E-state index contributed by atoms with van der Waals surface area (Å²) in [6.07, 6.45) is -0.624. The van der Waals surface area contributed by atoms with Crippen molar-refractivity contribution >= 4 is 0 Å². The van der Waals surface area contributed by atoms with Gasteiger partial charge in [-0.3, -0.25) is 4.90 Å². The molecule has 0 spiro atoms. The number of hydrogen-bond acceptors (Lipinski definition) is 2. The fourth-order valence-electron chi connectivity index (χ4n) is 7.56. The molecule has 1 saturated carbocycles. The SMILES string of the molecule is FC(F)(F)c1ccccc1CNC1C2C3CCCC2CN(C3)[C@H]1C(c1ccccc1)c1ccccc1. The molecule has 2 nitrogen and oxygen atoms in total. The molecule has 0 radical (unpaired) electrons. The van der Waals surface area contributed by atoms with E-state index in [1.165, 1.54) is 42.5 Å². The zero-order valence-electron chi connectivity index (χ0n) is 20.4. The molecule has 4 atom stereocenters. The highest BCUT2D eigenvalue weighted by Gasteiger charge is 2.55. The third-order valence-corrected chi connectivity index (χ3v) is 8.89. The highest BCUT2D eigenvalue weighted by Crippen LogP contribution is 2.51. The van der Waals surface area contributed by atoms with Crippen molar-refractivity contribution in [1.29, 1.82) is 0 Å². The van der Waals surface area contributed by atoms with E-state index >= 15 is 0 Å². The second-order valence-electron chi connectivity index (χ2n) is 10.8. The van der Waals surface area contributed by atoms with Crippen molar-refractivity contribution < 1.29 is 13.2 Å². The molecule has 3 heterocycles. The summed E-state index contributed by atoms with van der Waals surface area (Å²) in [4.78, 5) is 2.67. The summed E-state index contributed by atoms with van der Waals surface area (Å²) in [7, 11) is 0. The van der Waals surface area contributed by atoms with Crippen molar-refractivity contribution in [1.82, 2.24) is 10.2 Å². The first-order chi connectivity index (χ1) is 17.5. The van der Waals surface area contributed by atoms with Gasteiger partial charge in [0.05, 0.1) is 5.56 Å². The molecular weight excluding hydrogens is 457 g/mol. The molecule has 188 valence electrons. The van der Waals surface area contributed by atoms with Gasteiger partial charge in [0.2, 0.25) is 0 Å². The van der Waals surface area contributed by atoms with Crippen LogP contribution in [0.2, 0.25) is 0 Å². The topological polar surface area (TPSA) is 15.3 Å². The summed E-state index contributed by atoms with van der Waals surface area (Å²) < 4.78 is 41.3. The Hall–Kier alpha value is -2.63. The average Bonchev–Trinajstić information content (AvgIpc) is 2.89. The Balaban J connectivity index is 1.39. The minimum atomic E-state index is -4.35. The highest BCUT2D eigenvalue weighted by molar-refractivity contribution is 5.37. The number of nitrogens with one attached hydrogen (secondary N) is 1. The van der Waals surface area contributed by atoms with E-state index in [2.05, 4.69) is 58.7 Å². The van der Waals surface area contributed by atoms with E-state index in [0.717, 1.165) is 13.1 Å². The van der Waals surface area contributed by atoms with Gasteiger partial charge >= 0.3 is 6.18 Å². The third kappa shape index (κ3) is 4.37. The lowest BCUT2D eigenvalue weighted by Gasteiger charge is -2.62. The molecule has 1 N–H and O–H groups in total. The Labute approximate surface area is 211 Å². The Morgan fingerprint density at radius 2 is 1.33 bits per heavy atom. The van der Waals surface area contributed by atoms with Crippen LogP contribution in [0.3, 0.4) is 0 Å². The molecule has 3 saturated heterocycles. The smallest absolute Gasteiger partial charge is 0.308 e. The molecule has 36 heavy (non-hydrogen) atoms. The summed E-state index contributed by atoms with van der Waals surface area (Å²) in [6, 6.07) is 27.7. The molecule has 3 aromatic carbocycles. The Morgan fingerprint density at radius 1 is 0.778 bits per heavy atom. The maximum absolute atomic E-state index is 13.8. The fourth-order valence-corrected chi connectivity index (χ4v) is 7.56. The van der Waals surface area contributed by atoms with Crippen LogP contribution in [0.5, 0.6) is 0 Å². The van der Waals surface area contributed by atoms with Crippen molar-refractivity contribution in [3.8, 4) is 0 Å². The van der Waals surface area contributed by atoms with Gasteiger partial charge in [-0.2, -0.15) is 13.2 Å². The number of benzene rings is 3. The van der Waals surface area contributed by atoms with Gasteiger partial charge in [-0.25, -0.2) is 0 Å². The molecule has 4 bridgehead atoms. The monoisotopic (exact) mass is 490 g/mol. The van der Waals surface area contributed by atoms with Gasteiger partial charge in [0.15, 0.2) is 0 Å². The maximum atomic E-state index is 13.8. The largest absolute Gasteiger partial charge is 0.416 e. The molecule has 5 heteroatoms. The minimum Gasteiger partial charge on any atom is -0.308 e. The second-order valence-corrected chi connectivity index (χ2v) is 10.8. The fraction of sp³-hybridized carbons (Fsp3) is 0.419. The first kappa shape index (κ1) is 23.7. The molecule has 1 aliphatic carbocycles. The van der Waals surface area contributed by atoms with Crippen LogP contribution in [-0.2, 0) is 12.7 Å². The minimum absolute atomic E-state index is 0.134. The van der Waals surface area contributed by atoms with Crippen LogP contribution in [0, 0.1) is 17.8 Å². The van der Waals surface area contributed by atoms with Crippen molar-refractivity contribution in [2.45, 2.75) is 50.0 Å². The quantitative estimate of drug-likeness (QED) is 0.412. The number of rotatable bonds is 6. The summed E-state index contributed by atoms with van der Waals surface area (Å²) in [6.45, 7) is 2.43. The van der Waals surface area contributed by atoms with Gasteiger partial charge in [0, 0.05) is 37.6 Å². The summed E-state index contributed by atoms with van der Waals surface area (Å²) in [5.41, 5.74) is 2.35. The van der Waals surface area contributed by atoms with Crippen molar-refractivity contribution in [2.24, 2.45) is 17.8 Å². The molecule has 3 aromatic rings. The Morgan fingerprint density at radius 3 is 1.92 bits per heavy atom. The predicted molar refractivity (Wildman–Crippen MR) is 136 cm³/mol. The highest BCUT2D eigenvalue weighted by atomic mass is 19.4. The molecule has 4 aliphatic rings. The van der Waals surface area contributed by atoms with E-state index in [9.17, 15) is 13.2 Å². The zero-order chi connectivity index (χ0) is 24.7. The number of hydrogen-bond donors (Lipinski definition) is 1. The van der Waals surface area contributed by atoms with Crippen LogP contribution in [0.1, 0.15) is 47.4 Å². The normalized spacial score (nSPS) is 29.4. The lowest BCUT2D eigenvalue weighted by Crippen LogP contribution is -2.71. The molecule has 7 rings (SSSR count). The van der Waals surface area contributed by atoms with Crippen LogP contribution in [-0.4, -0.2) is 30.1 Å². The first-order valence-corrected chi connectivity index (χ1v) is 13.2. The van der Waals surface area contributed by atoms with Gasteiger partial charge in [0.1, 0.15) is 0 Å². The molecule has 3 unspecified atom stereocenters. The number of fused-ring (bicyclic) bond motifs is 1. The van der Waals surface area contributed by atoms with E-state index in [1.54, 1.807) is 12.1 Å². The van der Waals surface area contributed by atoms with Crippen LogP contribution in [0.25, 0.3) is 0 Å². The maximum Gasteiger partial charge on any atom is 0.416 e. The Bertz CT molecular complexity index is 1110. The summed E-state index contributed by atoms with van der Waals surface area (Å²) in [5, 5.41) is 3.74. The van der Waals surface area contributed by atoms with Crippen LogP contribution >= 0.6 is 0 Å². The van der Waals surface area contributed by atoms with Gasteiger partial charge in [-0.05, 0) is 53.4 Å². The molecule has 0 amide bonds. The number of halogens is 3. The number of piperidine rings is 3. The van der Waals surface area contributed by atoms with E-state index in [0.29, 0.717) is 23.3 Å². The lowest BCUT2D eigenvalue weighted by molar-refractivity contribution is -0.138. The van der Waals surface area contributed by atoms with Crippen LogP contribution in [0.15, 0.2) is 84.9 Å². The summed E-state index contributed by atoms with van der Waals surface area (Å²) in [5.74, 6) is 1.90. The van der Waals surface area contributed by atoms with E-state index in [1.807, 2.05) is 12.1 Å². The standard InChI is InChI=1S/C31H33F3N2/c32-31(33,34)26-17-8-7-14-23(26)18-35-29-27-24-15-9-16-25(27)20-36(19-24)30(29)28(21-10-3-1-4-11-21)22-12-5-2-6-13-22/h1-8,10-14,17,24-25,27-30,35H,9,15-16,18-20H2/t24?,25?,27?,29?,30-/m0/s1. The van der Waals surface area contributed by atoms with Crippen LogP contribution < -0.4 is 5.32 Å². The average molecular weight is 491 g/mol. The number of nitrogens with zero attached hydrogens (tertiary/aromatic N) is 1. The number of alkyl halides is 3. The van der Waals surface area contributed by atoms with Crippen molar-refractivity contribution in [2.75, 3.05) is 13.1 Å².